The Morgan fingerprint density at radius 2 is 2.03 bits per heavy atom. The predicted molar refractivity (Wildman–Crippen MR) is 112 cm³/mol. The molecule has 1 aliphatic heterocycles. The van der Waals surface area contributed by atoms with Crippen LogP contribution in [0, 0.1) is 0 Å². The first-order valence-corrected chi connectivity index (χ1v) is 10.6. The zero-order valence-electron chi connectivity index (χ0n) is 16.8. The van der Waals surface area contributed by atoms with Gasteiger partial charge in [0.1, 0.15) is 12.4 Å². The zero-order chi connectivity index (χ0) is 21.9. The molecule has 3 rings (SSSR count). The second kappa shape index (κ2) is 8.19. The first kappa shape index (κ1) is 21.4. The van der Waals surface area contributed by atoms with Gasteiger partial charge in [-0.05, 0) is 39.0 Å². The maximum Gasteiger partial charge on any atom is 0.344 e. The number of anilines is 1. The lowest BCUT2D eigenvalue weighted by Gasteiger charge is -2.27. The molecule has 0 bridgehead atoms. The molecular weight excluding hydrogens is 410 g/mol. The zero-order valence-corrected chi connectivity index (χ0v) is 17.6. The van der Waals surface area contributed by atoms with E-state index in [0.717, 1.165) is 0 Å². The first-order valence-electron chi connectivity index (χ1n) is 9.16. The summed E-state index contributed by atoms with van der Waals surface area (Å²) in [6.45, 7) is 5.97. The largest absolute Gasteiger partial charge is 0.490 e. The van der Waals surface area contributed by atoms with Gasteiger partial charge in [0.05, 0.1) is 23.4 Å². The van der Waals surface area contributed by atoms with Crippen molar-refractivity contribution >= 4 is 27.6 Å². The molecule has 10 nitrogen and oxygen atoms in total. The number of amidine groups is 1. The van der Waals surface area contributed by atoms with Gasteiger partial charge in [-0.3, -0.25) is 9.52 Å². The number of benzene rings is 1. The molecule has 1 aliphatic rings. The van der Waals surface area contributed by atoms with Gasteiger partial charge < -0.3 is 20.5 Å². The summed E-state index contributed by atoms with van der Waals surface area (Å²) in [5.74, 6) is 0.241. The highest BCUT2D eigenvalue weighted by Gasteiger charge is 2.27. The summed E-state index contributed by atoms with van der Waals surface area (Å²) >= 11 is 0. The minimum absolute atomic E-state index is 0.0959. The van der Waals surface area contributed by atoms with Gasteiger partial charge in [0, 0.05) is 17.8 Å². The van der Waals surface area contributed by atoms with Gasteiger partial charge >= 0.3 is 10.2 Å². The van der Waals surface area contributed by atoms with Crippen molar-refractivity contribution in [2.24, 2.45) is 10.1 Å². The van der Waals surface area contributed by atoms with Crippen LogP contribution in [0.1, 0.15) is 36.7 Å². The number of hydrogen-bond donors (Lipinski definition) is 3. The average Bonchev–Trinajstić information content (AvgIpc) is 2.65. The number of pyridine rings is 1. The van der Waals surface area contributed by atoms with Crippen molar-refractivity contribution in [2.45, 2.75) is 26.3 Å². The van der Waals surface area contributed by atoms with Crippen LogP contribution < -0.4 is 25.2 Å². The fourth-order valence-corrected chi connectivity index (χ4v) is 3.63. The van der Waals surface area contributed by atoms with Crippen LogP contribution in [0.2, 0.25) is 0 Å². The molecule has 1 aromatic heterocycles. The van der Waals surface area contributed by atoms with Gasteiger partial charge in [-0.2, -0.15) is 8.42 Å². The van der Waals surface area contributed by atoms with E-state index in [0.29, 0.717) is 29.4 Å². The number of aromatic nitrogens is 1. The van der Waals surface area contributed by atoms with Crippen molar-refractivity contribution in [3.8, 4) is 11.6 Å². The number of nitrogens with two attached hydrogens (primary N) is 1. The summed E-state index contributed by atoms with van der Waals surface area (Å²) in [5, 5.41) is 2.90. The number of fused-ring (bicyclic) bond motifs is 1. The van der Waals surface area contributed by atoms with Crippen molar-refractivity contribution in [3.63, 3.8) is 0 Å². The van der Waals surface area contributed by atoms with E-state index in [1.54, 1.807) is 44.2 Å². The number of hydrogen-bond acceptors (Lipinski definition) is 7. The van der Waals surface area contributed by atoms with E-state index in [4.69, 9.17) is 15.2 Å². The van der Waals surface area contributed by atoms with E-state index in [1.165, 1.54) is 6.20 Å². The molecule has 11 heteroatoms. The summed E-state index contributed by atoms with van der Waals surface area (Å²) in [6.07, 6.45) is 1.50. The summed E-state index contributed by atoms with van der Waals surface area (Å²) in [5.41, 5.74) is 6.10. The van der Waals surface area contributed by atoms with Gasteiger partial charge in [0.15, 0.2) is 5.84 Å². The maximum atomic E-state index is 12.6. The predicted octanol–water partition coefficient (Wildman–Crippen LogP) is 1.44. The van der Waals surface area contributed by atoms with Gasteiger partial charge in [0.2, 0.25) is 5.88 Å². The highest BCUT2D eigenvalue weighted by Crippen LogP contribution is 2.30. The first-order chi connectivity index (χ1) is 14.1. The minimum Gasteiger partial charge on any atom is -0.490 e. The van der Waals surface area contributed by atoms with Gasteiger partial charge in [-0.1, -0.05) is 6.07 Å². The molecule has 0 atom stereocenters. The van der Waals surface area contributed by atoms with Gasteiger partial charge in [-0.15, -0.1) is 4.40 Å². The second-order valence-corrected chi connectivity index (χ2v) is 8.51. The highest BCUT2D eigenvalue weighted by molar-refractivity contribution is 7.91. The molecule has 0 fully saturated rings. The number of ether oxygens (including phenoxy) is 2. The van der Waals surface area contributed by atoms with E-state index in [9.17, 15) is 13.2 Å². The molecule has 0 radical (unpaired) electrons. The number of carbonyl (C=O) groups excluding carboxylic acids is 1. The normalized spacial score (nSPS) is 14.7. The van der Waals surface area contributed by atoms with Crippen LogP contribution in [0.4, 0.5) is 5.69 Å². The summed E-state index contributed by atoms with van der Waals surface area (Å²) < 4.78 is 40.3. The molecule has 30 heavy (non-hydrogen) atoms. The van der Waals surface area contributed by atoms with Crippen molar-refractivity contribution in [1.29, 1.82) is 0 Å². The summed E-state index contributed by atoms with van der Waals surface area (Å²) in [7, 11) is -3.87. The topological polar surface area (TPSA) is 145 Å². The van der Waals surface area contributed by atoms with Crippen molar-refractivity contribution < 1.29 is 22.7 Å². The number of nitrogens with one attached hydrogen (secondary N) is 2. The minimum atomic E-state index is -3.87. The molecular formula is C19H23N5O5S. The van der Waals surface area contributed by atoms with Gasteiger partial charge in [0.25, 0.3) is 5.91 Å². The van der Waals surface area contributed by atoms with E-state index in [2.05, 4.69) is 19.4 Å². The van der Waals surface area contributed by atoms with Crippen LogP contribution in [0.5, 0.6) is 11.6 Å². The Balaban J connectivity index is 1.72. The van der Waals surface area contributed by atoms with E-state index >= 15 is 0 Å². The number of nitrogens with zero attached hydrogens (tertiary/aromatic N) is 2. The van der Waals surface area contributed by atoms with Crippen LogP contribution in [-0.4, -0.2) is 43.9 Å². The fourth-order valence-electron chi connectivity index (χ4n) is 2.79. The molecule has 0 unspecified atom stereocenters. The standard InChI is InChI=1S/C19H23N5O5S/c1-4-28-15-10-12(8-9-21-15)18(25)22-19(2,3)11-29-14-7-5-6-13-16(14)17(20)24-30(26,27)23-13/h5-10,23H,4,11H2,1-3H3,(H2,20,24)(H,22,25). The Bertz CT molecular complexity index is 1100. The highest BCUT2D eigenvalue weighted by atomic mass is 32.2. The number of amides is 1. The van der Waals surface area contributed by atoms with Crippen molar-refractivity contribution in [3.05, 3.63) is 47.7 Å². The van der Waals surface area contributed by atoms with Crippen LogP contribution in [0.25, 0.3) is 0 Å². The molecule has 0 saturated heterocycles. The monoisotopic (exact) mass is 433 g/mol. The number of carbonyl (C=O) groups is 1. The van der Waals surface area contributed by atoms with Crippen LogP contribution in [-0.2, 0) is 10.2 Å². The third kappa shape index (κ3) is 4.98. The average molecular weight is 433 g/mol. The van der Waals surface area contributed by atoms with Crippen LogP contribution >= 0.6 is 0 Å². The third-order valence-corrected chi connectivity index (χ3v) is 4.98. The SMILES string of the molecule is CCOc1cc(C(=O)NC(C)(C)COc2cccc3c2C(N)=NS(=O)(=O)N3)ccn1. The van der Waals surface area contributed by atoms with Crippen molar-refractivity contribution in [1.82, 2.24) is 10.3 Å². The van der Waals surface area contributed by atoms with E-state index in [1.807, 2.05) is 6.92 Å². The third-order valence-electron chi connectivity index (χ3n) is 4.07. The molecule has 160 valence electrons. The number of rotatable bonds is 7. The molecule has 1 aromatic carbocycles. The van der Waals surface area contributed by atoms with Gasteiger partial charge in [-0.25, -0.2) is 4.98 Å². The summed E-state index contributed by atoms with van der Waals surface area (Å²) in [6, 6.07) is 7.99. The lowest BCUT2D eigenvalue weighted by Crippen LogP contribution is -2.48. The molecule has 2 aromatic rings. The molecule has 4 N–H and O–H groups in total. The lowest BCUT2D eigenvalue weighted by atomic mass is 10.1. The Morgan fingerprint density at radius 1 is 1.27 bits per heavy atom. The fraction of sp³-hybridized carbons (Fsp3) is 0.316. The quantitative estimate of drug-likeness (QED) is 0.599. The Morgan fingerprint density at radius 3 is 2.77 bits per heavy atom. The lowest BCUT2D eigenvalue weighted by molar-refractivity contribution is 0.0880. The Kier molecular flexibility index (Phi) is 5.83. The van der Waals surface area contributed by atoms with Crippen LogP contribution in [0.3, 0.4) is 0 Å². The van der Waals surface area contributed by atoms with E-state index < -0.39 is 15.7 Å². The molecule has 0 aliphatic carbocycles. The van der Waals surface area contributed by atoms with E-state index in [-0.39, 0.29) is 24.0 Å². The molecule has 1 amide bonds. The Labute approximate surface area is 174 Å². The molecule has 0 spiro atoms. The smallest absolute Gasteiger partial charge is 0.344 e. The molecule has 0 saturated carbocycles. The van der Waals surface area contributed by atoms with Crippen molar-refractivity contribution in [2.75, 3.05) is 17.9 Å². The van der Waals surface area contributed by atoms with Crippen LogP contribution in [0.15, 0.2) is 40.9 Å². The summed E-state index contributed by atoms with van der Waals surface area (Å²) in [4.78, 5) is 16.7. The molecule has 2 heterocycles. The second-order valence-electron chi connectivity index (χ2n) is 7.17. The maximum absolute atomic E-state index is 12.6. The Hall–Kier alpha value is -3.34.